The van der Waals surface area contributed by atoms with Crippen LogP contribution in [0.25, 0.3) is 5.65 Å². The van der Waals surface area contributed by atoms with Gasteiger partial charge in [-0.3, -0.25) is 9.59 Å². The Morgan fingerprint density at radius 1 is 1.16 bits per heavy atom. The normalized spacial score (nSPS) is 15.5. The summed E-state index contributed by atoms with van der Waals surface area (Å²) < 4.78 is 6.88. The van der Waals surface area contributed by atoms with Crippen molar-refractivity contribution >= 4 is 23.3 Å². The quantitative estimate of drug-likeness (QED) is 0.538. The predicted molar refractivity (Wildman–Crippen MR) is 119 cm³/mol. The van der Waals surface area contributed by atoms with Crippen molar-refractivity contribution in [3.05, 3.63) is 54.4 Å². The summed E-state index contributed by atoms with van der Waals surface area (Å²) in [5.41, 5.74) is 1.75. The smallest absolute Gasteiger partial charge is 0.311 e. The minimum atomic E-state index is -0.402. The van der Waals surface area contributed by atoms with Gasteiger partial charge in [0.1, 0.15) is 12.1 Å². The van der Waals surface area contributed by atoms with Gasteiger partial charge in [-0.2, -0.15) is 4.52 Å². The number of carbonyl (C=O) groups excluding carboxylic acids is 2. The van der Waals surface area contributed by atoms with Crippen LogP contribution in [0.4, 0.5) is 5.82 Å². The van der Waals surface area contributed by atoms with Crippen LogP contribution in [0, 0.1) is 11.8 Å². The topological polar surface area (TPSA) is 102 Å². The number of carbonyl (C=O) groups is 2. The summed E-state index contributed by atoms with van der Waals surface area (Å²) in [4.78, 5) is 27.4. The molecule has 0 saturated carbocycles. The molecule has 0 aliphatic carbocycles. The van der Waals surface area contributed by atoms with Crippen molar-refractivity contribution in [3.63, 3.8) is 0 Å². The van der Waals surface area contributed by atoms with Crippen LogP contribution in [-0.4, -0.2) is 57.9 Å². The van der Waals surface area contributed by atoms with Crippen molar-refractivity contribution in [2.45, 2.75) is 26.2 Å². The molecule has 1 atom stereocenters. The molecule has 0 spiro atoms. The van der Waals surface area contributed by atoms with E-state index in [-0.39, 0.29) is 24.3 Å². The minimum Gasteiger partial charge on any atom is -0.466 e. The molecule has 3 aromatic rings. The Morgan fingerprint density at radius 3 is 2.69 bits per heavy atom. The highest BCUT2D eigenvalue weighted by Gasteiger charge is 2.28. The van der Waals surface area contributed by atoms with Gasteiger partial charge in [0, 0.05) is 25.6 Å². The third kappa shape index (κ3) is 5.22. The van der Waals surface area contributed by atoms with Crippen molar-refractivity contribution in [3.8, 4) is 0 Å². The first kappa shape index (κ1) is 21.7. The third-order valence-corrected chi connectivity index (χ3v) is 5.80. The molecule has 32 heavy (non-hydrogen) atoms. The van der Waals surface area contributed by atoms with E-state index < -0.39 is 5.92 Å². The van der Waals surface area contributed by atoms with Gasteiger partial charge >= 0.3 is 5.97 Å². The number of nitrogens with one attached hydrogen (secondary N) is 1. The summed E-state index contributed by atoms with van der Waals surface area (Å²) in [5.74, 6) is 0.0862. The van der Waals surface area contributed by atoms with E-state index in [1.807, 2.05) is 42.5 Å². The van der Waals surface area contributed by atoms with Crippen LogP contribution in [0.2, 0.25) is 0 Å². The van der Waals surface area contributed by atoms with E-state index in [1.165, 1.54) is 0 Å². The lowest BCUT2D eigenvalue weighted by molar-refractivity contribution is -0.148. The van der Waals surface area contributed by atoms with E-state index in [9.17, 15) is 9.59 Å². The molecule has 9 heteroatoms. The Bertz CT molecular complexity index is 1050. The van der Waals surface area contributed by atoms with E-state index in [1.54, 1.807) is 17.8 Å². The lowest BCUT2D eigenvalue weighted by Crippen LogP contribution is -2.43. The van der Waals surface area contributed by atoms with Gasteiger partial charge in [-0.05, 0) is 43.9 Å². The van der Waals surface area contributed by atoms with E-state index in [0.29, 0.717) is 18.7 Å². The molecule has 1 unspecified atom stereocenters. The number of hydrogen-bond acceptors (Lipinski definition) is 7. The molecule has 3 heterocycles. The molecule has 168 valence electrons. The van der Waals surface area contributed by atoms with Crippen LogP contribution >= 0.6 is 0 Å². The fraction of sp³-hybridized carbons (Fsp3) is 0.435. The second-order valence-corrected chi connectivity index (χ2v) is 7.97. The standard InChI is InChI=1S/C23H28N6O3/c1-2-32-23(31)19(14-17-6-4-3-5-7-17)15-24-22(30)18-10-12-28(13-11-18)21-9-8-20-26-25-16-29(20)27-21/h3-9,16,18-19H,2,10-15H2,1H3,(H,24,30). The molecule has 1 aromatic carbocycles. The summed E-state index contributed by atoms with van der Waals surface area (Å²) >= 11 is 0. The second-order valence-electron chi connectivity index (χ2n) is 7.97. The minimum absolute atomic E-state index is 0.00534. The molecule has 1 N–H and O–H groups in total. The summed E-state index contributed by atoms with van der Waals surface area (Å²) in [6.45, 7) is 3.87. The van der Waals surface area contributed by atoms with Gasteiger partial charge in [0.05, 0.1) is 12.5 Å². The van der Waals surface area contributed by atoms with Crippen LogP contribution in [0.15, 0.2) is 48.8 Å². The Kier molecular flexibility index (Phi) is 6.94. The van der Waals surface area contributed by atoms with Crippen molar-refractivity contribution < 1.29 is 14.3 Å². The molecular weight excluding hydrogens is 408 g/mol. The number of benzene rings is 1. The molecular formula is C23H28N6O3. The van der Waals surface area contributed by atoms with Crippen molar-refractivity contribution in [1.29, 1.82) is 0 Å². The van der Waals surface area contributed by atoms with E-state index in [2.05, 4.69) is 25.5 Å². The van der Waals surface area contributed by atoms with Gasteiger partial charge in [0.15, 0.2) is 5.65 Å². The predicted octanol–water partition coefficient (Wildman–Crippen LogP) is 1.88. The first-order chi connectivity index (χ1) is 15.6. The van der Waals surface area contributed by atoms with E-state index in [4.69, 9.17) is 4.74 Å². The van der Waals surface area contributed by atoms with Crippen LogP contribution in [0.5, 0.6) is 0 Å². The molecule has 0 radical (unpaired) electrons. The Morgan fingerprint density at radius 2 is 1.94 bits per heavy atom. The Labute approximate surface area is 186 Å². The van der Waals surface area contributed by atoms with Crippen LogP contribution < -0.4 is 10.2 Å². The monoisotopic (exact) mass is 436 g/mol. The summed E-state index contributed by atoms with van der Waals surface area (Å²) in [6, 6.07) is 13.6. The fourth-order valence-electron chi connectivity index (χ4n) is 4.02. The molecule has 1 aliphatic heterocycles. The van der Waals surface area contributed by atoms with Gasteiger partial charge in [-0.25, -0.2) is 0 Å². The van der Waals surface area contributed by atoms with Crippen LogP contribution in [-0.2, 0) is 20.7 Å². The molecule has 1 amide bonds. The molecule has 1 aliphatic rings. The molecule has 4 rings (SSSR count). The third-order valence-electron chi connectivity index (χ3n) is 5.80. The summed E-state index contributed by atoms with van der Waals surface area (Å²) in [5, 5.41) is 15.3. The van der Waals surface area contributed by atoms with E-state index >= 15 is 0 Å². The maximum atomic E-state index is 12.8. The number of amides is 1. The van der Waals surface area contributed by atoms with Gasteiger partial charge < -0.3 is 15.0 Å². The van der Waals surface area contributed by atoms with Crippen LogP contribution in [0.1, 0.15) is 25.3 Å². The number of anilines is 1. The summed E-state index contributed by atoms with van der Waals surface area (Å²) in [6.07, 6.45) is 3.58. The molecule has 2 aromatic heterocycles. The lowest BCUT2D eigenvalue weighted by Gasteiger charge is -2.32. The largest absolute Gasteiger partial charge is 0.466 e. The number of rotatable bonds is 8. The fourth-order valence-corrected chi connectivity index (χ4v) is 4.02. The highest BCUT2D eigenvalue weighted by molar-refractivity contribution is 5.80. The number of ether oxygens (including phenoxy) is 1. The van der Waals surface area contributed by atoms with Gasteiger partial charge in [-0.15, -0.1) is 15.3 Å². The van der Waals surface area contributed by atoms with Crippen LogP contribution in [0.3, 0.4) is 0 Å². The number of esters is 1. The average Bonchev–Trinajstić information content (AvgIpc) is 3.30. The number of aromatic nitrogens is 4. The molecule has 9 nitrogen and oxygen atoms in total. The highest BCUT2D eigenvalue weighted by Crippen LogP contribution is 2.22. The Balaban J connectivity index is 1.30. The lowest BCUT2D eigenvalue weighted by atomic mass is 9.95. The first-order valence-corrected chi connectivity index (χ1v) is 11.0. The van der Waals surface area contributed by atoms with Crippen molar-refractivity contribution in [1.82, 2.24) is 25.1 Å². The maximum Gasteiger partial charge on any atom is 0.311 e. The molecule has 1 fully saturated rings. The van der Waals surface area contributed by atoms with Crippen molar-refractivity contribution in [2.75, 3.05) is 31.1 Å². The molecule has 1 saturated heterocycles. The zero-order valence-corrected chi connectivity index (χ0v) is 18.2. The van der Waals surface area contributed by atoms with Gasteiger partial charge in [0.25, 0.3) is 0 Å². The average molecular weight is 437 g/mol. The van der Waals surface area contributed by atoms with Crippen molar-refractivity contribution in [2.24, 2.45) is 11.8 Å². The van der Waals surface area contributed by atoms with Gasteiger partial charge in [-0.1, -0.05) is 30.3 Å². The number of nitrogens with zero attached hydrogens (tertiary/aromatic N) is 5. The Hall–Kier alpha value is -3.49. The number of piperidine rings is 1. The van der Waals surface area contributed by atoms with Gasteiger partial charge in [0.2, 0.25) is 5.91 Å². The first-order valence-electron chi connectivity index (χ1n) is 11.0. The van der Waals surface area contributed by atoms with E-state index in [0.717, 1.165) is 37.3 Å². The SMILES string of the molecule is CCOC(=O)C(CNC(=O)C1CCN(c2ccc3nncn3n2)CC1)Cc1ccccc1. The zero-order chi connectivity index (χ0) is 22.3. The second kappa shape index (κ2) is 10.2. The molecule has 0 bridgehead atoms. The highest BCUT2D eigenvalue weighted by atomic mass is 16.5. The number of fused-ring (bicyclic) bond motifs is 1. The summed E-state index contributed by atoms with van der Waals surface area (Å²) in [7, 11) is 0. The zero-order valence-electron chi connectivity index (χ0n) is 18.2. The maximum absolute atomic E-state index is 12.8. The number of hydrogen-bond donors (Lipinski definition) is 1.